The van der Waals surface area contributed by atoms with Crippen LogP contribution in [0.4, 0.5) is 0 Å². The van der Waals surface area contributed by atoms with Crippen molar-refractivity contribution in [3.05, 3.63) is 4.91 Å². The summed E-state index contributed by atoms with van der Waals surface area (Å²) >= 11 is 0. The van der Waals surface area contributed by atoms with Crippen molar-refractivity contribution in [1.82, 2.24) is 4.90 Å². The van der Waals surface area contributed by atoms with Gasteiger partial charge in [0, 0.05) is 30.2 Å². The van der Waals surface area contributed by atoms with Crippen LogP contribution in [0.2, 0.25) is 0 Å². The van der Waals surface area contributed by atoms with Gasteiger partial charge in [0.25, 0.3) is 6.17 Å². The predicted octanol–water partition coefficient (Wildman–Crippen LogP) is 1.88. The molecule has 2 rings (SSSR count). The highest BCUT2D eigenvalue weighted by molar-refractivity contribution is 4.89. The fourth-order valence-electron chi connectivity index (χ4n) is 3.29. The molecule has 0 aliphatic carbocycles. The fraction of sp³-hybridized carbons (Fsp3) is 1.00. The van der Waals surface area contributed by atoms with E-state index in [4.69, 9.17) is 4.74 Å². The third kappa shape index (κ3) is 2.25. The summed E-state index contributed by atoms with van der Waals surface area (Å²) in [5, 5.41) is 0. The fourth-order valence-corrected chi connectivity index (χ4v) is 3.29. The Labute approximate surface area is 104 Å². The first-order valence-electron chi connectivity index (χ1n) is 6.80. The second-order valence-electron chi connectivity index (χ2n) is 5.73. The molecule has 2 fully saturated rings. The Bertz CT molecular complexity index is 287. The summed E-state index contributed by atoms with van der Waals surface area (Å²) in [6.07, 6.45) is 2.26. The van der Waals surface area contributed by atoms with Crippen LogP contribution in [0.5, 0.6) is 0 Å². The lowest BCUT2D eigenvalue weighted by Gasteiger charge is -2.37. The largest absolute Gasteiger partial charge is 0.373 e. The van der Waals surface area contributed by atoms with Crippen molar-refractivity contribution in [2.24, 2.45) is 11.8 Å². The van der Waals surface area contributed by atoms with Gasteiger partial charge in [-0.15, -0.1) is 0 Å². The summed E-state index contributed by atoms with van der Waals surface area (Å²) in [5.41, 5.74) is 0. The second-order valence-corrected chi connectivity index (χ2v) is 5.73. The number of fused-ring (bicyclic) bond motifs is 1. The number of piperidine rings is 1. The minimum absolute atomic E-state index is 0.0460. The molecule has 2 aliphatic heterocycles. The molecule has 4 nitrogen and oxygen atoms in total. The van der Waals surface area contributed by atoms with Gasteiger partial charge in [-0.3, -0.25) is 0 Å². The molecule has 0 amide bonds. The zero-order valence-electron chi connectivity index (χ0n) is 11.4. The first kappa shape index (κ1) is 13.0. The van der Waals surface area contributed by atoms with Crippen molar-refractivity contribution in [3.63, 3.8) is 0 Å². The van der Waals surface area contributed by atoms with E-state index in [1.807, 2.05) is 6.92 Å². The Morgan fingerprint density at radius 2 is 2.18 bits per heavy atom. The van der Waals surface area contributed by atoms with Crippen LogP contribution in [-0.4, -0.2) is 48.2 Å². The van der Waals surface area contributed by atoms with Gasteiger partial charge in [0.1, 0.15) is 6.10 Å². The predicted molar refractivity (Wildman–Crippen MR) is 66.8 cm³/mol. The molecule has 2 heterocycles. The Kier molecular flexibility index (Phi) is 3.83. The lowest BCUT2D eigenvalue weighted by molar-refractivity contribution is -0.616. The van der Waals surface area contributed by atoms with E-state index in [-0.39, 0.29) is 18.3 Å². The van der Waals surface area contributed by atoms with Gasteiger partial charge in [-0.05, 0) is 18.3 Å². The molecule has 5 atom stereocenters. The van der Waals surface area contributed by atoms with E-state index in [0.29, 0.717) is 11.8 Å². The van der Waals surface area contributed by atoms with Crippen molar-refractivity contribution >= 4 is 0 Å². The molecule has 0 N–H and O–H groups in total. The summed E-state index contributed by atoms with van der Waals surface area (Å²) < 4.78 is 6.80. The zero-order chi connectivity index (χ0) is 12.6. The first-order valence-corrected chi connectivity index (χ1v) is 6.80. The average molecular weight is 241 g/mol. The van der Waals surface area contributed by atoms with Crippen molar-refractivity contribution in [2.75, 3.05) is 20.2 Å². The summed E-state index contributed by atoms with van der Waals surface area (Å²) in [6, 6.07) is 0.105. The molecule has 4 heteroatoms. The van der Waals surface area contributed by atoms with E-state index in [9.17, 15) is 4.91 Å². The highest BCUT2D eigenvalue weighted by atomic mass is 16.5. The minimum Gasteiger partial charge on any atom is -0.373 e. The lowest BCUT2D eigenvalue weighted by atomic mass is 9.83. The van der Waals surface area contributed by atoms with Crippen LogP contribution in [0.1, 0.15) is 33.6 Å². The molecule has 2 saturated heterocycles. The molecule has 98 valence electrons. The van der Waals surface area contributed by atoms with E-state index < -0.39 is 0 Å². The SMILES string of the molecule is CCC(C)C1CC(OC)C2N(C1)CC(C)[N+]2=O. The Balaban J connectivity index is 2.13. The molecule has 0 aromatic heterocycles. The molecule has 0 spiro atoms. The number of nitrogens with zero attached hydrogens (tertiary/aromatic N) is 2. The summed E-state index contributed by atoms with van der Waals surface area (Å²) in [4.78, 5) is 14.4. The normalized spacial score (nSPS) is 40.4. The molecule has 0 aromatic rings. The monoisotopic (exact) mass is 241 g/mol. The van der Waals surface area contributed by atoms with Gasteiger partial charge in [-0.1, -0.05) is 20.3 Å². The number of hydrogen-bond donors (Lipinski definition) is 0. The number of ether oxygens (including phenoxy) is 1. The van der Waals surface area contributed by atoms with Crippen LogP contribution < -0.4 is 0 Å². The van der Waals surface area contributed by atoms with Crippen LogP contribution in [0.3, 0.4) is 0 Å². The van der Waals surface area contributed by atoms with E-state index in [1.54, 1.807) is 7.11 Å². The van der Waals surface area contributed by atoms with Crippen LogP contribution in [0.15, 0.2) is 0 Å². The van der Waals surface area contributed by atoms with Gasteiger partial charge >= 0.3 is 0 Å². The van der Waals surface area contributed by atoms with Gasteiger partial charge in [0.15, 0.2) is 0 Å². The third-order valence-electron chi connectivity index (χ3n) is 4.66. The van der Waals surface area contributed by atoms with E-state index in [0.717, 1.165) is 19.5 Å². The molecule has 5 unspecified atom stereocenters. The molecular formula is C13H25N2O2+. The van der Waals surface area contributed by atoms with E-state index in [1.165, 1.54) is 11.2 Å². The minimum atomic E-state index is -0.0460. The molecule has 0 bridgehead atoms. The number of methoxy groups -OCH3 is 1. The number of hydrogen-bond acceptors (Lipinski definition) is 3. The van der Waals surface area contributed by atoms with E-state index >= 15 is 0 Å². The first-order chi connectivity index (χ1) is 8.08. The highest BCUT2D eigenvalue weighted by Gasteiger charge is 2.54. The van der Waals surface area contributed by atoms with Gasteiger partial charge in [-0.2, -0.15) is 0 Å². The molecule has 0 aromatic carbocycles. The van der Waals surface area contributed by atoms with Gasteiger partial charge in [0.05, 0.1) is 6.54 Å². The highest BCUT2D eigenvalue weighted by Crippen LogP contribution is 2.34. The lowest BCUT2D eigenvalue weighted by Crippen LogP contribution is -2.52. The standard InChI is InChI=1S/C13H25N2O2/c1-5-9(2)11-6-12(17-4)13-14(8-11)7-10(3)15(13)16/h9-13H,5-8H2,1-4H3/q+1. The maximum atomic E-state index is 12.0. The van der Waals surface area contributed by atoms with Gasteiger partial charge < -0.3 is 4.74 Å². The van der Waals surface area contributed by atoms with Crippen molar-refractivity contribution in [1.29, 1.82) is 0 Å². The van der Waals surface area contributed by atoms with Crippen molar-refractivity contribution in [2.45, 2.75) is 51.9 Å². The topological polar surface area (TPSA) is 32.5 Å². The van der Waals surface area contributed by atoms with Crippen molar-refractivity contribution in [3.8, 4) is 0 Å². The Morgan fingerprint density at radius 3 is 2.76 bits per heavy atom. The number of nitroso groups, excluding NO2 is 1. The molecule has 17 heavy (non-hydrogen) atoms. The average Bonchev–Trinajstić information content (AvgIpc) is 2.63. The van der Waals surface area contributed by atoms with Crippen LogP contribution in [0.25, 0.3) is 0 Å². The summed E-state index contributed by atoms with van der Waals surface area (Å²) in [7, 11) is 1.73. The molecule has 0 saturated carbocycles. The van der Waals surface area contributed by atoms with Crippen molar-refractivity contribution < 1.29 is 9.50 Å². The molecular weight excluding hydrogens is 216 g/mol. The quantitative estimate of drug-likeness (QED) is 0.707. The number of rotatable bonds is 3. The summed E-state index contributed by atoms with van der Waals surface area (Å²) in [5.74, 6) is 1.38. The maximum absolute atomic E-state index is 12.0. The van der Waals surface area contributed by atoms with Crippen LogP contribution >= 0.6 is 0 Å². The third-order valence-corrected chi connectivity index (χ3v) is 4.66. The van der Waals surface area contributed by atoms with Crippen LogP contribution in [-0.2, 0) is 4.74 Å². The Morgan fingerprint density at radius 1 is 1.47 bits per heavy atom. The Hall–Kier alpha value is -0.480. The molecule has 2 aliphatic rings. The maximum Gasteiger partial charge on any atom is 0.283 e. The van der Waals surface area contributed by atoms with Gasteiger partial charge in [0.2, 0.25) is 6.04 Å². The second kappa shape index (κ2) is 5.02. The summed E-state index contributed by atoms with van der Waals surface area (Å²) in [6.45, 7) is 8.51. The van der Waals surface area contributed by atoms with Crippen LogP contribution in [0, 0.1) is 16.7 Å². The molecule has 0 radical (unpaired) electrons. The van der Waals surface area contributed by atoms with Gasteiger partial charge in [-0.25, -0.2) is 4.90 Å². The zero-order valence-corrected chi connectivity index (χ0v) is 11.4. The van der Waals surface area contributed by atoms with E-state index in [2.05, 4.69) is 18.7 Å². The smallest absolute Gasteiger partial charge is 0.283 e.